The van der Waals surface area contributed by atoms with Crippen LogP contribution in [0.2, 0.25) is 5.02 Å². The van der Waals surface area contributed by atoms with Gasteiger partial charge in [-0.15, -0.1) is 16.4 Å². The molecule has 0 saturated carbocycles. The average Bonchev–Trinajstić information content (AvgIpc) is 3.47. The largest absolute Gasteiger partial charge is 0.461 e. The average molecular weight is 430 g/mol. The summed E-state index contributed by atoms with van der Waals surface area (Å²) in [6, 6.07) is 11.0. The third-order valence-electron chi connectivity index (χ3n) is 3.93. The first-order valence-electron chi connectivity index (χ1n) is 8.29. The van der Waals surface area contributed by atoms with Crippen LogP contribution in [0.15, 0.2) is 58.5 Å². The lowest BCUT2D eigenvalue weighted by Gasteiger charge is -2.06. The van der Waals surface area contributed by atoms with E-state index in [0.29, 0.717) is 12.3 Å². The number of aromatic nitrogens is 3. The van der Waals surface area contributed by atoms with Gasteiger partial charge in [-0.1, -0.05) is 17.7 Å². The number of rotatable bonds is 6. The number of hydrogen-bond acceptors (Lipinski definition) is 8. The van der Waals surface area contributed by atoms with E-state index >= 15 is 0 Å². The molecule has 0 fully saturated rings. The highest BCUT2D eigenvalue weighted by atomic mass is 35.5. The topological polar surface area (TPSA) is 116 Å². The van der Waals surface area contributed by atoms with Crippen molar-refractivity contribution in [1.29, 1.82) is 0 Å². The normalized spacial score (nSPS) is 10.8. The van der Waals surface area contributed by atoms with Gasteiger partial charge in [0.25, 0.3) is 11.6 Å². The Balaban J connectivity index is 1.71. The zero-order valence-corrected chi connectivity index (χ0v) is 16.2. The van der Waals surface area contributed by atoms with E-state index in [0.717, 1.165) is 15.6 Å². The molecule has 1 N–H and O–H groups in total. The van der Waals surface area contributed by atoms with Crippen LogP contribution < -0.4 is 5.32 Å². The molecule has 0 unspecified atom stereocenters. The number of furan rings is 1. The number of nitrogens with one attached hydrogen (secondary N) is 1. The van der Waals surface area contributed by atoms with E-state index in [9.17, 15) is 14.9 Å². The first-order chi connectivity index (χ1) is 14.0. The number of nitrogens with zero attached hydrogens (tertiary/aromatic N) is 4. The molecule has 29 heavy (non-hydrogen) atoms. The van der Waals surface area contributed by atoms with E-state index in [2.05, 4.69) is 15.4 Å². The molecule has 4 rings (SSSR count). The van der Waals surface area contributed by atoms with Crippen LogP contribution in [-0.4, -0.2) is 25.6 Å². The van der Waals surface area contributed by atoms with Gasteiger partial charge in [0.05, 0.1) is 17.7 Å². The number of nitro groups is 1. The molecule has 0 saturated heterocycles. The van der Waals surface area contributed by atoms with Crippen LogP contribution in [0.1, 0.15) is 15.2 Å². The standard InChI is InChI=1S/C18H12ClN5O4S/c19-13-6-5-11(9-14(13)24(26)27)17(25)23-18(20-10-12-3-2-8-29-12)21-16(22-23)15-4-1-7-28-15/h1-9H,10H2,(H,20,21,22). The van der Waals surface area contributed by atoms with Crippen molar-refractivity contribution in [3.05, 3.63) is 79.7 Å². The Bertz CT molecular complexity index is 1170. The Morgan fingerprint density at radius 2 is 2.17 bits per heavy atom. The molecule has 4 aromatic rings. The molecule has 3 heterocycles. The van der Waals surface area contributed by atoms with Crippen LogP contribution in [0, 0.1) is 10.1 Å². The van der Waals surface area contributed by atoms with Crippen molar-refractivity contribution in [3.8, 4) is 11.6 Å². The van der Waals surface area contributed by atoms with Crippen molar-refractivity contribution in [1.82, 2.24) is 14.8 Å². The summed E-state index contributed by atoms with van der Waals surface area (Å²) in [5.74, 6) is 0.189. The Morgan fingerprint density at radius 3 is 2.86 bits per heavy atom. The second-order valence-electron chi connectivity index (χ2n) is 5.81. The number of nitro benzene ring substituents is 1. The number of benzene rings is 1. The van der Waals surface area contributed by atoms with E-state index < -0.39 is 10.8 Å². The van der Waals surface area contributed by atoms with Gasteiger partial charge in [0.2, 0.25) is 11.8 Å². The van der Waals surface area contributed by atoms with E-state index in [1.165, 1.54) is 18.4 Å². The molecular formula is C18H12ClN5O4S. The summed E-state index contributed by atoms with van der Waals surface area (Å²) in [4.78, 5) is 28.9. The number of hydrogen-bond donors (Lipinski definition) is 1. The SMILES string of the molecule is O=C(c1ccc(Cl)c([N+](=O)[O-])c1)n1nc(-c2ccco2)nc1NCc1cccs1. The van der Waals surface area contributed by atoms with E-state index in [1.54, 1.807) is 23.5 Å². The summed E-state index contributed by atoms with van der Waals surface area (Å²) in [6.45, 7) is 0.433. The smallest absolute Gasteiger partial charge is 0.288 e. The first-order valence-corrected chi connectivity index (χ1v) is 9.54. The lowest BCUT2D eigenvalue weighted by atomic mass is 10.2. The van der Waals surface area contributed by atoms with Crippen LogP contribution in [0.4, 0.5) is 11.6 Å². The Hall–Kier alpha value is -3.50. The maximum absolute atomic E-state index is 13.0. The number of thiophene rings is 1. The first kappa shape index (κ1) is 18.8. The molecule has 0 amide bonds. The highest BCUT2D eigenvalue weighted by molar-refractivity contribution is 7.09. The Kier molecular flexibility index (Phi) is 5.10. The van der Waals surface area contributed by atoms with Gasteiger partial charge >= 0.3 is 0 Å². The van der Waals surface area contributed by atoms with Crippen molar-refractivity contribution in [3.63, 3.8) is 0 Å². The van der Waals surface area contributed by atoms with Gasteiger partial charge in [0, 0.05) is 16.5 Å². The van der Waals surface area contributed by atoms with Crippen molar-refractivity contribution in [2.45, 2.75) is 6.54 Å². The summed E-state index contributed by atoms with van der Waals surface area (Å²) >= 11 is 7.39. The molecule has 0 aliphatic heterocycles. The minimum atomic E-state index is -0.648. The van der Waals surface area contributed by atoms with Gasteiger partial charge in [0.15, 0.2) is 5.76 Å². The maximum atomic E-state index is 13.0. The second kappa shape index (κ2) is 7.86. The van der Waals surface area contributed by atoms with Crippen LogP contribution in [0.5, 0.6) is 0 Å². The predicted octanol–water partition coefficient (Wildman–Crippen LogP) is 4.46. The lowest BCUT2D eigenvalue weighted by Crippen LogP contribution is -2.17. The third-order valence-corrected chi connectivity index (χ3v) is 5.13. The zero-order chi connectivity index (χ0) is 20.4. The minimum absolute atomic E-state index is 0.0520. The summed E-state index contributed by atoms with van der Waals surface area (Å²) in [5, 5.41) is 20.3. The molecule has 1 aromatic carbocycles. The number of carbonyl (C=O) groups is 1. The van der Waals surface area contributed by atoms with Gasteiger partial charge in [-0.05, 0) is 35.7 Å². The molecule has 0 aliphatic rings. The lowest BCUT2D eigenvalue weighted by molar-refractivity contribution is -0.384. The molecule has 0 bridgehead atoms. The fourth-order valence-corrected chi connectivity index (χ4v) is 3.40. The molecule has 146 valence electrons. The van der Waals surface area contributed by atoms with Gasteiger partial charge in [-0.3, -0.25) is 14.9 Å². The van der Waals surface area contributed by atoms with Gasteiger partial charge in [-0.2, -0.15) is 9.67 Å². The van der Waals surface area contributed by atoms with Crippen molar-refractivity contribution in [2.75, 3.05) is 5.32 Å². The zero-order valence-electron chi connectivity index (χ0n) is 14.6. The number of anilines is 1. The molecule has 11 heteroatoms. The van der Waals surface area contributed by atoms with Crippen LogP contribution >= 0.6 is 22.9 Å². The van der Waals surface area contributed by atoms with Crippen molar-refractivity contribution < 1.29 is 14.1 Å². The summed E-state index contributed by atoms with van der Waals surface area (Å²) < 4.78 is 6.36. The molecule has 3 aromatic heterocycles. The monoisotopic (exact) mass is 429 g/mol. The van der Waals surface area contributed by atoms with Crippen LogP contribution in [-0.2, 0) is 6.54 Å². The summed E-state index contributed by atoms with van der Waals surface area (Å²) in [5.41, 5.74) is -0.312. The fourth-order valence-electron chi connectivity index (χ4n) is 2.57. The highest BCUT2D eigenvalue weighted by Crippen LogP contribution is 2.26. The van der Waals surface area contributed by atoms with Crippen molar-refractivity contribution in [2.24, 2.45) is 0 Å². The van der Waals surface area contributed by atoms with Crippen molar-refractivity contribution >= 4 is 40.5 Å². The van der Waals surface area contributed by atoms with E-state index in [-0.39, 0.29) is 28.0 Å². The maximum Gasteiger partial charge on any atom is 0.288 e. The van der Waals surface area contributed by atoms with E-state index in [1.807, 2.05) is 17.5 Å². The Labute approximate surface area is 172 Å². The van der Waals surface area contributed by atoms with Gasteiger partial charge < -0.3 is 9.73 Å². The molecule has 0 aliphatic carbocycles. The quantitative estimate of drug-likeness (QED) is 0.355. The predicted molar refractivity (Wildman–Crippen MR) is 107 cm³/mol. The molecule has 0 atom stereocenters. The number of halogens is 1. The summed E-state index contributed by atoms with van der Waals surface area (Å²) in [7, 11) is 0. The molecule has 9 nitrogen and oxygen atoms in total. The van der Waals surface area contributed by atoms with Crippen LogP contribution in [0.25, 0.3) is 11.6 Å². The molecular weight excluding hydrogens is 418 g/mol. The van der Waals surface area contributed by atoms with Gasteiger partial charge in [0.1, 0.15) is 5.02 Å². The summed E-state index contributed by atoms with van der Waals surface area (Å²) in [6.07, 6.45) is 1.47. The fraction of sp³-hybridized carbons (Fsp3) is 0.0556. The second-order valence-corrected chi connectivity index (χ2v) is 7.25. The molecule has 0 radical (unpaired) electrons. The number of carbonyl (C=O) groups excluding carboxylic acids is 1. The van der Waals surface area contributed by atoms with Gasteiger partial charge in [-0.25, -0.2) is 0 Å². The minimum Gasteiger partial charge on any atom is -0.461 e. The van der Waals surface area contributed by atoms with Crippen LogP contribution in [0.3, 0.4) is 0 Å². The highest BCUT2D eigenvalue weighted by Gasteiger charge is 2.22. The Morgan fingerprint density at radius 1 is 1.31 bits per heavy atom. The van der Waals surface area contributed by atoms with E-state index in [4.69, 9.17) is 16.0 Å². The third kappa shape index (κ3) is 3.89. The molecule has 0 spiro atoms.